The van der Waals surface area contributed by atoms with Crippen molar-refractivity contribution in [2.75, 3.05) is 37.0 Å². The van der Waals surface area contributed by atoms with Crippen LogP contribution >= 0.6 is 11.6 Å². The normalized spacial score (nSPS) is 20.4. The van der Waals surface area contributed by atoms with Crippen LogP contribution < -0.4 is 14.5 Å². The molecule has 0 radical (unpaired) electrons. The molecule has 1 aromatic carbocycles. The zero-order valence-electron chi connectivity index (χ0n) is 16.7. The van der Waals surface area contributed by atoms with Crippen LogP contribution in [-0.2, 0) is 16.1 Å². The Hall–Kier alpha value is -2.91. The summed E-state index contributed by atoms with van der Waals surface area (Å²) in [7, 11) is 3.28. The molecule has 0 spiro atoms. The van der Waals surface area contributed by atoms with E-state index in [4.69, 9.17) is 21.1 Å². The number of carbonyl (C=O) groups excluding carboxylic acids is 2. The van der Waals surface area contributed by atoms with E-state index in [9.17, 15) is 9.59 Å². The predicted octanol–water partition coefficient (Wildman–Crippen LogP) is 2.33. The number of amides is 2. The van der Waals surface area contributed by atoms with Gasteiger partial charge in [-0.05, 0) is 18.2 Å². The van der Waals surface area contributed by atoms with Gasteiger partial charge >= 0.3 is 6.03 Å². The molecule has 1 aromatic heterocycles. The maximum Gasteiger partial charge on any atom is 0.326 e. The second-order valence-electron chi connectivity index (χ2n) is 7.17. The number of likely N-dealkylation sites (N-methyl/N-ethyl adjacent to an activating group) is 1. The first kappa shape index (κ1) is 20.4. The van der Waals surface area contributed by atoms with Crippen molar-refractivity contribution in [2.45, 2.75) is 25.3 Å². The van der Waals surface area contributed by atoms with Crippen molar-refractivity contribution >= 4 is 35.4 Å². The smallest absolute Gasteiger partial charge is 0.326 e. The summed E-state index contributed by atoms with van der Waals surface area (Å²) in [6.07, 6.45) is 2.04. The van der Waals surface area contributed by atoms with Gasteiger partial charge in [0, 0.05) is 32.1 Å². The topological polar surface area (TPSA) is 88.1 Å². The van der Waals surface area contributed by atoms with Crippen LogP contribution in [0.15, 0.2) is 30.5 Å². The molecule has 2 atom stereocenters. The second kappa shape index (κ2) is 8.45. The lowest BCUT2D eigenvalue weighted by atomic mass is 10.3. The minimum atomic E-state index is -0.785. The molecular formula is C20H22ClN5O4. The maximum atomic E-state index is 13.3. The van der Waals surface area contributed by atoms with E-state index in [-0.39, 0.29) is 18.7 Å². The molecular weight excluding hydrogens is 410 g/mol. The van der Waals surface area contributed by atoms with E-state index in [1.165, 1.54) is 4.90 Å². The van der Waals surface area contributed by atoms with Gasteiger partial charge < -0.3 is 19.3 Å². The molecule has 2 amide bonds. The fourth-order valence-electron chi connectivity index (χ4n) is 3.72. The number of likely N-dealkylation sites (tertiary alicyclic amines) is 1. The van der Waals surface area contributed by atoms with Crippen molar-refractivity contribution in [3.8, 4) is 5.75 Å². The molecule has 0 saturated carbocycles. The lowest BCUT2D eigenvalue weighted by molar-refractivity contribution is -0.108. The fourth-order valence-corrected chi connectivity index (χ4v) is 3.90. The molecule has 0 N–H and O–H groups in total. The predicted molar refractivity (Wildman–Crippen MR) is 111 cm³/mol. The van der Waals surface area contributed by atoms with Crippen LogP contribution in [0.4, 0.5) is 16.3 Å². The number of rotatable bonds is 5. The van der Waals surface area contributed by atoms with Crippen molar-refractivity contribution in [1.29, 1.82) is 0 Å². The molecule has 2 aromatic rings. The monoisotopic (exact) mass is 431 g/mol. The number of nitrogens with zero attached hydrogens (tertiary/aromatic N) is 5. The molecule has 1 saturated heterocycles. The van der Waals surface area contributed by atoms with E-state index < -0.39 is 6.17 Å². The fraction of sp³-hybridized carbons (Fsp3) is 0.400. The number of benzene rings is 1. The number of aromatic nitrogens is 2. The molecule has 1 fully saturated rings. The Labute approximate surface area is 179 Å². The largest absolute Gasteiger partial charge is 0.488 e. The van der Waals surface area contributed by atoms with Crippen molar-refractivity contribution in [1.82, 2.24) is 14.9 Å². The summed E-state index contributed by atoms with van der Waals surface area (Å²) in [6.45, 7) is 1.18. The van der Waals surface area contributed by atoms with Crippen molar-refractivity contribution in [2.24, 2.45) is 0 Å². The lowest BCUT2D eigenvalue weighted by Crippen LogP contribution is -2.51. The van der Waals surface area contributed by atoms with Crippen LogP contribution in [0.2, 0.25) is 5.02 Å². The van der Waals surface area contributed by atoms with Crippen LogP contribution in [0, 0.1) is 0 Å². The average Bonchev–Trinajstić information content (AvgIpc) is 3.30. The van der Waals surface area contributed by atoms with E-state index in [2.05, 4.69) is 9.97 Å². The zero-order chi connectivity index (χ0) is 21.3. The summed E-state index contributed by atoms with van der Waals surface area (Å²) in [5, 5.41) is 0.594. The van der Waals surface area contributed by atoms with E-state index in [0.29, 0.717) is 47.6 Å². The molecule has 0 bridgehead atoms. The molecule has 10 heteroatoms. The Morgan fingerprint density at radius 3 is 2.97 bits per heavy atom. The summed E-state index contributed by atoms with van der Waals surface area (Å²) in [6, 6.07) is 6.89. The van der Waals surface area contributed by atoms with Crippen LogP contribution in [0.25, 0.3) is 0 Å². The highest BCUT2D eigenvalue weighted by Crippen LogP contribution is 2.37. The number of carbonyl (C=O) groups is 2. The highest BCUT2D eigenvalue weighted by molar-refractivity contribution is 6.30. The molecule has 2 aliphatic heterocycles. The van der Waals surface area contributed by atoms with Gasteiger partial charge in [-0.3, -0.25) is 9.69 Å². The number of methoxy groups -OCH3 is 1. The van der Waals surface area contributed by atoms with Gasteiger partial charge in [-0.1, -0.05) is 17.7 Å². The van der Waals surface area contributed by atoms with Gasteiger partial charge in [-0.25, -0.2) is 14.8 Å². The average molecular weight is 432 g/mol. The Kier molecular flexibility index (Phi) is 5.74. The van der Waals surface area contributed by atoms with Gasteiger partial charge in [0.05, 0.1) is 12.7 Å². The summed E-state index contributed by atoms with van der Waals surface area (Å²) >= 11 is 6.01. The van der Waals surface area contributed by atoms with Crippen molar-refractivity contribution < 1.29 is 19.1 Å². The second-order valence-corrected chi connectivity index (χ2v) is 7.61. The summed E-state index contributed by atoms with van der Waals surface area (Å²) in [4.78, 5) is 38.6. The zero-order valence-corrected chi connectivity index (χ0v) is 17.5. The standard InChI is InChI=1S/C20H22ClN5O4/c1-24-18(11-27)26(16-9-22-17(12-29-2)23-19(16)24)20(28)25-7-6-15(10-25)30-14-5-3-4-13(21)8-14/h3-5,8-9,11,15,18H,6-7,10,12H2,1-2H3/t15-,18?/m0/s1. The van der Waals surface area contributed by atoms with E-state index in [1.54, 1.807) is 42.3 Å². The third-order valence-electron chi connectivity index (χ3n) is 5.17. The van der Waals surface area contributed by atoms with Crippen molar-refractivity contribution in [3.63, 3.8) is 0 Å². The SMILES string of the molecule is COCc1ncc2c(n1)N(C)C(C=O)N2C(=O)N1CC[C@H](Oc2cccc(Cl)c2)C1. The van der Waals surface area contributed by atoms with Gasteiger partial charge in [0.15, 0.2) is 24.1 Å². The van der Waals surface area contributed by atoms with Crippen LogP contribution in [0.5, 0.6) is 5.75 Å². The van der Waals surface area contributed by atoms with E-state index >= 15 is 0 Å². The number of anilines is 2. The number of hydrogen-bond acceptors (Lipinski definition) is 7. The Bertz CT molecular complexity index is 959. The number of ether oxygens (including phenoxy) is 2. The van der Waals surface area contributed by atoms with Gasteiger partial charge in [0.1, 0.15) is 24.1 Å². The highest BCUT2D eigenvalue weighted by atomic mass is 35.5. The molecule has 1 unspecified atom stereocenters. The lowest BCUT2D eigenvalue weighted by Gasteiger charge is -2.28. The summed E-state index contributed by atoms with van der Waals surface area (Å²) in [5.41, 5.74) is 0.499. The number of halogens is 1. The summed E-state index contributed by atoms with van der Waals surface area (Å²) in [5.74, 6) is 1.67. The molecule has 30 heavy (non-hydrogen) atoms. The number of fused-ring (bicyclic) bond motifs is 1. The highest BCUT2D eigenvalue weighted by Gasteiger charge is 2.42. The van der Waals surface area contributed by atoms with Gasteiger partial charge in [0.25, 0.3) is 0 Å². The molecule has 158 valence electrons. The first-order chi connectivity index (χ1) is 14.5. The third-order valence-corrected chi connectivity index (χ3v) is 5.41. The van der Waals surface area contributed by atoms with Gasteiger partial charge in [-0.2, -0.15) is 0 Å². The van der Waals surface area contributed by atoms with E-state index in [1.807, 2.05) is 12.1 Å². The van der Waals surface area contributed by atoms with Gasteiger partial charge in [-0.15, -0.1) is 0 Å². The Balaban J connectivity index is 1.51. The molecule has 0 aliphatic carbocycles. The Morgan fingerprint density at radius 1 is 1.40 bits per heavy atom. The van der Waals surface area contributed by atoms with Crippen LogP contribution in [-0.4, -0.2) is 66.7 Å². The van der Waals surface area contributed by atoms with Crippen LogP contribution in [0.3, 0.4) is 0 Å². The first-order valence-corrected chi connectivity index (χ1v) is 9.93. The number of aldehydes is 1. The van der Waals surface area contributed by atoms with Crippen molar-refractivity contribution in [3.05, 3.63) is 41.3 Å². The van der Waals surface area contributed by atoms with E-state index in [0.717, 1.165) is 6.29 Å². The first-order valence-electron chi connectivity index (χ1n) is 9.55. The number of hydrogen-bond donors (Lipinski definition) is 0. The molecule has 2 aliphatic rings. The van der Waals surface area contributed by atoms with Gasteiger partial charge in [0.2, 0.25) is 0 Å². The number of urea groups is 1. The maximum absolute atomic E-state index is 13.3. The quantitative estimate of drug-likeness (QED) is 0.671. The van der Waals surface area contributed by atoms with Crippen LogP contribution in [0.1, 0.15) is 12.2 Å². The molecule has 3 heterocycles. The summed E-state index contributed by atoms with van der Waals surface area (Å²) < 4.78 is 11.0. The minimum Gasteiger partial charge on any atom is -0.488 e. The molecule has 9 nitrogen and oxygen atoms in total. The Morgan fingerprint density at radius 2 is 2.23 bits per heavy atom. The molecule has 4 rings (SSSR count). The third kappa shape index (κ3) is 3.78. The minimum absolute atomic E-state index is 0.151.